The molecule has 108 valence electrons. The molecule has 20 heavy (non-hydrogen) atoms. The van der Waals surface area contributed by atoms with Gasteiger partial charge in [-0.2, -0.15) is 0 Å². The third-order valence-electron chi connectivity index (χ3n) is 4.14. The van der Waals surface area contributed by atoms with Gasteiger partial charge in [0.25, 0.3) is 0 Å². The van der Waals surface area contributed by atoms with Gasteiger partial charge in [-0.1, -0.05) is 18.2 Å². The number of hydrogen-bond acceptors (Lipinski definition) is 4. The molecule has 0 saturated carbocycles. The smallest absolute Gasteiger partial charge is 0.146 e. The molecule has 2 heterocycles. The molecule has 2 fully saturated rings. The minimum Gasteiger partial charge on any atom is -0.378 e. The highest BCUT2D eigenvalue weighted by molar-refractivity contribution is 8.00. The van der Waals surface area contributed by atoms with Crippen molar-refractivity contribution in [1.29, 1.82) is 0 Å². The lowest BCUT2D eigenvalue weighted by atomic mass is 9.83. The number of carbonyl (C=O) groups is 1. The standard InChI is InChI=1S/C16H20O3S/c17-15(11-20-14-4-2-1-3-5-14)13-6-8-19-16(10-13)7-9-18-12-16/h1-5,13H,6-12H2. The first-order chi connectivity index (χ1) is 9.77. The van der Waals surface area contributed by atoms with Crippen LogP contribution in [-0.2, 0) is 14.3 Å². The molecule has 0 radical (unpaired) electrons. The number of ether oxygens (including phenoxy) is 2. The van der Waals surface area contributed by atoms with Gasteiger partial charge in [-0.3, -0.25) is 4.79 Å². The molecule has 1 aromatic carbocycles. The van der Waals surface area contributed by atoms with E-state index in [-0.39, 0.29) is 11.5 Å². The summed E-state index contributed by atoms with van der Waals surface area (Å²) in [6.07, 6.45) is 2.62. The Labute approximate surface area is 124 Å². The van der Waals surface area contributed by atoms with Crippen LogP contribution in [0.2, 0.25) is 0 Å². The summed E-state index contributed by atoms with van der Waals surface area (Å²) in [4.78, 5) is 13.6. The molecular formula is C16H20O3S. The Hall–Kier alpha value is -0.840. The number of benzene rings is 1. The number of thioether (sulfide) groups is 1. The van der Waals surface area contributed by atoms with Crippen LogP contribution in [0.4, 0.5) is 0 Å². The van der Waals surface area contributed by atoms with Crippen LogP contribution in [0.15, 0.2) is 35.2 Å². The van der Waals surface area contributed by atoms with Crippen molar-refractivity contribution in [1.82, 2.24) is 0 Å². The zero-order valence-corrected chi connectivity index (χ0v) is 12.4. The summed E-state index contributed by atoms with van der Waals surface area (Å²) < 4.78 is 11.3. The third-order valence-corrected chi connectivity index (χ3v) is 5.17. The number of carbonyl (C=O) groups excluding carboxylic acids is 1. The molecule has 3 rings (SSSR count). The van der Waals surface area contributed by atoms with Crippen LogP contribution >= 0.6 is 11.8 Å². The summed E-state index contributed by atoms with van der Waals surface area (Å²) in [5, 5.41) is 0. The zero-order valence-electron chi connectivity index (χ0n) is 11.5. The van der Waals surface area contributed by atoms with Gasteiger partial charge in [-0.15, -0.1) is 11.8 Å². The number of rotatable bonds is 4. The van der Waals surface area contributed by atoms with Gasteiger partial charge >= 0.3 is 0 Å². The Balaban J connectivity index is 1.54. The molecule has 2 aliphatic rings. The van der Waals surface area contributed by atoms with Gasteiger partial charge < -0.3 is 9.47 Å². The summed E-state index contributed by atoms with van der Waals surface area (Å²) in [5.74, 6) is 1.06. The van der Waals surface area contributed by atoms with E-state index in [1.165, 1.54) is 0 Å². The fourth-order valence-electron chi connectivity index (χ4n) is 2.95. The molecule has 0 aliphatic carbocycles. The highest BCUT2D eigenvalue weighted by Crippen LogP contribution is 2.36. The van der Waals surface area contributed by atoms with Gasteiger partial charge in [-0.05, 0) is 25.0 Å². The molecule has 3 nitrogen and oxygen atoms in total. The van der Waals surface area contributed by atoms with Crippen molar-refractivity contribution in [3.63, 3.8) is 0 Å². The summed E-state index contributed by atoms with van der Waals surface area (Å²) >= 11 is 1.63. The lowest BCUT2D eigenvalue weighted by Gasteiger charge is -2.36. The number of ketones is 1. The van der Waals surface area contributed by atoms with E-state index in [1.54, 1.807) is 11.8 Å². The predicted octanol–water partition coefficient (Wildman–Crippen LogP) is 2.93. The molecule has 0 bridgehead atoms. The van der Waals surface area contributed by atoms with Crippen molar-refractivity contribution >= 4 is 17.5 Å². The maximum Gasteiger partial charge on any atom is 0.146 e. The van der Waals surface area contributed by atoms with Crippen molar-refractivity contribution in [3.05, 3.63) is 30.3 Å². The third kappa shape index (κ3) is 3.25. The number of Topliss-reactive ketones (excluding diaryl/α,β-unsaturated/α-hetero) is 1. The van der Waals surface area contributed by atoms with E-state index in [0.29, 0.717) is 24.7 Å². The monoisotopic (exact) mass is 292 g/mol. The molecule has 4 heteroatoms. The van der Waals surface area contributed by atoms with Crippen LogP contribution in [0.5, 0.6) is 0 Å². The maximum atomic E-state index is 12.4. The fraction of sp³-hybridized carbons (Fsp3) is 0.562. The highest BCUT2D eigenvalue weighted by Gasteiger charge is 2.42. The van der Waals surface area contributed by atoms with E-state index in [1.807, 2.05) is 30.3 Å². The van der Waals surface area contributed by atoms with Crippen molar-refractivity contribution in [2.24, 2.45) is 5.92 Å². The summed E-state index contributed by atoms with van der Waals surface area (Å²) in [5.41, 5.74) is -0.171. The Morgan fingerprint density at radius 3 is 2.90 bits per heavy atom. The van der Waals surface area contributed by atoms with E-state index < -0.39 is 0 Å². The zero-order chi connectivity index (χ0) is 13.8. The van der Waals surface area contributed by atoms with Crippen LogP contribution in [0.3, 0.4) is 0 Å². The second-order valence-corrected chi connectivity index (χ2v) is 6.64. The second-order valence-electron chi connectivity index (χ2n) is 5.59. The van der Waals surface area contributed by atoms with E-state index in [4.69, 9.17) is 9.47 Å². The first-order valence-corrected chi connectivity index (χ1v) is 8.18. The summed E-state index contributed by atoms with van der Waals surface area (Å²) in [6.45, 7) is 2.11. The Morgan fingerprint density at radius 2 is 2.15 bits per heavy atom. The highest BCUT2D eigenvalue weighted by atomic mass is 32.2. The lowest BCUT2D eigenvalue weighted by Crippen LogP contribution is -2.42. The lowest BCUT2D eigenvalue weighted by molar-refractivity contribution is -0.134. The van der Waals surface area contributed by atoms with Gasteiger partial charge in [-0.25, -0.2) is 0 Å². The van der Waals surface area contributed by atoms with Gasteiger partial charge in [0.15, 0.2) is 0 Å². The average molecular weight is 292 g/mol. The van der Waals surface area contributed by atoms with Crippen molar-refractivity contribution in [3.8, 4) is 0 Å². The van der Waals surface area contributed by atoms with Crippen molar-refractivity contribution < 1.29 is 14.3 Å². The molecule has 0 amide bonds. The quantitative estimate of drug-likeness (QED) is 0.799. The first-order valence-electron chi connectivity index (χ1n) is 7.20. The molecule has 0 N–H and O–H groups in total. The Kier molecular flexibility index (Phi) is 4.44. The first kappa shape index (κ1) is 14.1. The summed E-state index contributed by atoms with van der Waals surface area (Å²) in [6, 6.07) is 10.1. The van der Waals surface area contributed by atoms with Gasteiger partial charge in [0.1, 0.15) is 5.78 Å². The minimum atomic E-state index is -0.171. The van der Waals surface area contributed by atoms with E-state index in [9.17, 15) is 4.79 Å². The van der Waals surface area contributed by atoms with E-state index in [0.717, 1.165) is 30.8 Å². The van der Waals surface area contributed by atoms with Gasteiger partial charge in [0.2, 0.25) is 0 Å². The minimum absolute atomic E-state index is 0.140. The maximum absolute atomic E-state index is 12.4. The molecule has 2 saturated heterocycles. The molecule has 0 aromatic heterocycles. The number of hydrogen-bond donors (Lipinski definition) is 0. The Bertz CT molecular complexity index is 454. The summed E-state index contributed by atoms with van der Waals surface area (Å²) in [7, 11) is 0. The normalized spacial score (nSPS) is 29.7. The fourth-order valence-corrected chi connectivity index (χ4v) is 3.85. The van der Waals surface area contributed by atoms with Gasteiger partial charge in [0, 0.05) is 30.4 Å². The van der Waals surface area contributed by atoms with Crippen LogP contribution < -0.4 is 0 Å². The molecule has 2 aliphatic heterocycles. The SMILES string of the molecule is O=C(CSc1ccccc1)C1CCOC2(CCOC2)C1. The van der Waals surface area contributed by atoms with Crippen LogP contribution in [0, 0.1) is 5.92 Å². The van der Waals surface area contributed by atoms with Crippen LogP contribution in [0.1, 0.15) is 19.3 Å². The Morgan fingerprint density at radius 1 is 1.30 bits per heavy atom. The van der Waals surface area contributed by atoms with Crippen molar-refractivity contribution in [2.75, 3.05) is 25.6 Å². The molecule has 1 aromatic rings. The molecule has 2 atom stereocenters. The second kappa shape index (κ2) is 6.29. The van der Waals surface area contributed by atoms with Crippen molar-refractivity contribution in [2.45, 2.75) is 29.8 Å². The van der Waals surface area contributed by atoms with Crippen LogP contribution in [-0.4, -0.2) is 37.0 Å². The largest absolute Gasteiger partial charge is 0.378 e. The van der Waals surface area contributed by atoms with E-state index >= 15 is 0 Å². The van der Waals surface area contributed by atoms with Crippen LogP contribution in [0.25, 0.3) is 0 Å². The average Bonchev–Trinajstić information content (AvgIpc) is 2.93. The predicted molar refractivity (Wildman–Crippen MR) is 79.0 cm³/mol. The topological polar surface area (TPSA) is 35.5 Å². The molecule has 1 spiro atoms. The molecule has 2 unspecified atom stereocenters. The van der Waals surface area contributed by atoms with Gasteiger partial charge in [0.05, 0.1) is 18.0 Å². The van der Waals surface area contributed by atoms with E-state index in [2.05, 4.69) is 0 Å². The molecular weight excluding hydrogens is 272 g/mol.